The van der Waals surface area contributed by atoms with Crippen molar-refractivity contribution in [3.05, 3.63) is 11.8 Å². The first-order valence-corrected chi connectivity index (χ1v) is 8.07. The minimum atomic E-state index is -0.706. The standard InChI is InChI=1S/C15H20N4O5/c1-2-22-15-16-13-12-8(3-4-23-18-13)6-19(14(12)17-15)11-5-9(21)10(7-20)24-11/h6,9-11,20-21H,2-5,7H2,1H3,(H,16,17,18). The Morgan fingerprint density at radius 2 is 2.33 bits per heavy atom. The molecule has 1 saturated heterocycles. The van der Waals surface area contributed by atoms with Crippen molar-refractivity contribution in [3.63, 3.8) is 0 Å². The lowest BCUT2D eigenvalue weighted by atomic mass is 10.2. The van der Waals surface area contributed by atoms with Gasteiger partial charge in [-0.2, -0.15) is 9.97 Å². The van der Waals surface area contributed by atoms with E-state index in [1.807, 2.05) is 17.7 Å². The van der Waals surface area contributed by atoms with Crippen LogP contribution in [0.25, 0.3) is 11.0 Å². The molecule has 130 valence electrons. The fraction of sp³-hybridized carbons (Fsp3) is 0.600. The minimum absolute atomic E-state index is 0.219. The van der Waals surface area contributed by atoms with Crippen LogP contribution in [0.4, 0.5) is 5.82 Å². The lowest BCUT2D eigenvalue weighted by molar-refractivity contribution is -0.0431. The van der Waals surface area contributed by atoms with Crippen molar-refractivity contribution < 1.29 is 24.5 Å². The molecule has 3 atom stereocenters. The zero-order valence-corrected chi connectivity index (χ0v) is 13.3. The molecule has 2 aliphatic rings. The van der Waals surface area contributed by atoms with Gasteiger partial charge >= 0.3 is 6.01 Å². The van der Waals surface area contributed by atoms with Gasteiger partial charge in [0.25, 0.3) is 0 Å². The number of aromatic nitrogens is 3. The van der Waals surface area contributed by atoms with Gasteiger partial charge in [0.1, 0.15) is 12.3 Å². The number of anilines is 1. The van der Waals surface area contributed by atoms with Gasteiger partial charge in [-0.15, -0.1) is 0 Å². The number of aliphatic hydroxyl groups excluding tert-OH is 2. The summed E-state index contributed by atoms with van der Waals surface area (Å²) in [5.74, 6) is 0.562. The third kappa shape index (κ3) is 2.49. The van der Waals surface area contributed by atoms with E-state index in [0.717, 1.165) is 10.9 Å². The van der Waals surface area contributed by atoms with E-state index in [1.165, 1.54) is 0 Å². The summed E-state index contributed by atoms with van der Waals surface area (Å²) >= 11 is 0. The van der Waals surface area contributed by atoms with E-state index >= 15 is 0 Å². The summed E-state index contributed by atoms with van der Waals surface area (Å²) in [5.41, 5.74) is 4.55. The van der Waals surface area contributed by atoms with E-state index in [2.05, 4.69) is 15.4 Å². The van der Waals surface area contributed by atoms with Crippen molar-refractivity contribution in [3.8, 4) is 6.01 Å². The number of nitrogens with one attached hydrogen (secondary N) is 1. The van der Waals surface area contributed by atoms with Gasteiger partial charge in [-0.05, 0) is 12.5 Å². The number of hydrogen-bond acceptors (Lipinski definition) is 8. The number of aliphatic hydroxyl groups is 2. The van der Waals surface area contributed by atoms with Gasteiger partial charge in [-0.25, -0.2) is 5.48 Å². The normalized spacial score (nSPS) is 26.4. The first-order chi connectivity index (χ1) is 11.7. The molecule has 2 aromatic heterocycles. The predicted octanol–water partition coefficient (Wildman–Crippen LogP) is 0.370. The maximum absolute atomic E-state index is 10.0. The van der Waals surface area contributed by atoms with Gasteiger partial charge < -0.3 is 24.3 Å². The second kappa shape index (κ2) is 6.17. The number of nitrogens with zero attached hydrogens (tertiary/aromatic N) is 3. The lowest BCUT2D eigenvalue weighted by Gasteiger charge is -2.15. The first kappa shape index (κ1) is 15.6. The SMILES string of the molecule is CCOc1nc2c3c(cn(C4CC(O)C(CO)O4)c3n1)CCON2. The third-order valence-corrected chi connectivity index (χ3v) is 4.34. The van der Waals surface area contributed by atoms with E-state index in [1.54, 1.807) is 0 Å². The summed E-state index contributed by atoms with van der Waals surface area (Å²) < 4.78 is 13.1. The maximum Gasteiger partial charge on any atom is 0.320 e. The smallest absolute Gasteiger partial charge is 0.320 e. The third-order valence-electron chi connectivity index (χ3n) is 4.34. The van der Waals surface area contributed by atoms with E-state index in [9.17, 15) is 10.2 Å². The fourth-order valence-corrected chi connectivity index (χ4v) is 3.21. The van der Waals surface area contributed by atoms with E-state index in [-0.39, 0.29) is 12.6 Å². The van der Waals surface area contributed by atoms with Gasteiger partial charge in [-0.3, -0.25) is 4.84 Å². The Labute approximate surface area is 138 Å². The zero-order chi connectivity index (χ0) is 16.7. The molecule has 9 nitrogen and oxygen atoms in total. The van der Waals surface area contributed by atoms with Crippen LogP contribution in [0.3, 0.4) is 0 Å². The topological polar surface area (TPSA) is 111 Å². The Bertz CT molecular complexity index is 749. The Hall–Kier alpha value is -1.94. The molecule has 2 aliphatic heterocycles. The second-order valence-corrected chi connectivity index (χ2v) is 5.86. The molecule has 0 saturated carbocycles. The van der Waals surface area contributed by atoms with Crippen LogP contribution in [0, 0.1) is 0 Å². The molecule has 1 fully saturated rings. The molecule has 0 radical (unpaired) electrons. The molecular formula is C15H20N4O5. The largest absolute Gasteiger partial charge is 0.464 e. The molecule has 0 aliphatic carbocycles. The Kier molecular flexibility index (Phi) is 4.01. The van der Waals surface area contributed by atoms with Crippen LogP contribution in [-0.2, 0) is 16.0 Å². The highest BCUT2D eigenvalue weighted by Crippen LogP contribution is 2.36. The van der Waals surface area contributed by atoms with Crippen molar-refractivity contribution in [2.45, 2.75) is 38.2 Å². The summed E-state index contributed by atoms with van der Waals surface area (Å²) in [6.07, 6.45) is 1.36. The van der Waals surface area contributed by atoms with Crippen LogP contribution in [0.2, 0.25) is 0 Å². The van der Waals surface area contributed by atoms with Crippen LogP contribution < -0.4 is 10.2 Å². The summed E-state index contributed by atoms with van der Waals surface area (Å²) in [4.78, 5) is 14.2. The molecule has 9 heteroatoms. The highest BCUT2D eigenvalue weighted by atomic mass is 16.6. The molecule has 3 N–H and O–H groups in total. The molecule has 0 spiro atoms. The highest BCUT2D eigenvalue weighted by molar-refractivity contribution is 5.91. The molecule has 0 amide bonds. The summed E-state index contributed by atoms with van der Waals surface area (Å²) in [5, 5.41) is 20.2. The average molecular weight is 336 g/mol. The Morgan fingerprint density at radius 1 is 1.46 bits per heavy atom. The fourth-order valence-electron chi connectivity index (χ4n) is 3.21. The van der Waals surface area contributed by atoms with Crippen LogP contribution in [-0.4, -0.2) is 56.8 Å². The molecular weight excluding hydrogens is 316 g/mol. The number of hydrogen-bond donors (Lipinski definition) is 3. The number of ether oxygens (including phenoxy) is 2. The van der Waals surface area contributed by atoms with Crippen molar-refractivity contribution in [2.24, 2.45) is 0 Å². The summed E-state index contributed by atoms with van der Waals surface area (Å²) in [6.45, 7) is 2.60. The highest BCUT2D eigenvalue weighted by Gasteiger charge is 2.36. The predicted molar refractivity (Wildman–Crippen MR) is 83.6 cm³/mol. The average Bonchev–Trinajstić information content (AvgIpc) is 3.05. The molecule has 2 aromatic rings. The van der Waals surface area contributed by atoms with Crippen molar-refractivity contribution >= 4 is 16.9 Å². The molecule has 4 heterocycles. The van der Waals surface area contributed by atoms with Gasteiger partial charge in [-0.1, -0.05) is 0 Å². The van der Waals surface area contributed by atoms with Crippen LogP contribution in [0.1, 0.15) is 25.1 Å². The Morgan fingerprint density at radius 3 is 3.08 bits per heavy atom. The van der Waals surface area contributed by atoms with Crippen LogP contribution >= 0.6 is 0 Å². The quantitative estimate of drug-likeness (QED) is 0.734. The van der Waals surface area contributed by atoms with E-state index in [4.69, 9.17) is 14.3 Å². The van der Waals surface area contributed by atoms with Crippen molar-refractivity contribution in [1.29, 1.82) is 0 Å². The maximum atomic E-state index is 10.0. The van der Waals surface area contributed by atoms with E-state index in [0.29, 0.717) is 37.5 Å². The second-order valence-electron chi connectivity index (χ2n) is 5.86. The zero-order valence-electron chi connectivity index (χ0n) is 13.3. The molecule has 24 heavy (non-hydrogen) atoms. The minimum Gasteiger partial charge on any atom is -0.464 e. The van der Waals surface area contributed by atoms with Crippen molar-refractivity contribution in [1.82, 2.24) is 14.5 Å². The van der Waals surface area contributed by atoms with Gasteiger partial charge in [0.05, 0.1) is 31.3 Å². The molecule has 0 aromatic carbocycles. The Balaban J connectivity index is 1.82. The molecule has 4 rings (SSSR count). The summed E-state index contributed by atoms with van der Waals surface area (Å²) in [6, 6.07) is 0.251. The van der Waals surface area contributed by atoms with Gasteiger partial charge in [0, 0.05) is 19.0 Å². The summed E-state index contributed by atoms with van der Waals surface area (Å²) in [7, 11) is 0. The van der Waals surface area contributed by atoms with E-state index < -0.39 is 18.4 Å². The van der Waals surface area contributed by atoms with Crippen molar-refractivity contribution in [2.75, 3.05) is 25.3 Å². The van der Waals surface area contributed by atoms with Gasteiger partial charge in [0.2, 0.25) is 0 Å². The monoisotopic (exact) mass is 336 g/mol. The first-order valence-electron chi connectivity index (χ1n) is 8.07. The number of rotatable bonds is 4. The lowest BCUT2D eigenvalue weighted by Crippen LogP contribution is -2.24. The van der Waals surface area contributed by atoms with Crippen LogP contribution in [0.5, 0.6) is 6.01 Å². The molecule has 0 bridgehead atoms. The van der Waals surface area contributed by atoms with Crippen LogP contribution in [0.15, 0.2) is 6.20 Å². The molecule has 3 unspecified atom stereocenters. The van der Waals surface area contributed by atoms with Gasteiger partial charge in [0.15, 0.2) is 11.5 Å².